The van der Waals surface area contributed by atoms with Crippen LogP contribution in [-0.4, -0.2) is 53.4 Å². The lowest BCUT2D eigenvalue weighted by molar-refractivity contribution is -1.02. The SMILES string of the molecule is CCCC[C@H](c1nnnn1CCC(C)C)[NH+]1CC[NH+](C)CC1. The normalized spacial score (nSPS) is 23.9. The highest BCUT2D eigenvalue weighted by atomic mass is 15.5. The highest BCUT2D eigenvalue weighted by Crippen LogP contribution is 2.15. The van der Waals surface area contributed by atoms with Gasteiger partial charge in [-0.15, -0.1) is 5.10 Å². The van der Waals surface area contributed by atoms with Crippen LogP contribution in [-0.2, 0) is 6.54 Å². The molecule has 2 N–H and O–H groups in total. The Morgan fingerprint density at radius 1 is 1.14 bits per heavy atom. The number of rotatable bonds is 8. The molecule has 0 aliphatic carbocycles. The quantitative estimate of drug-likeness (QED) is 0.672. The molecule has 1 fully saturated rings. The molecular weight excluding hydrogens is 276 g/mol. The van der Waals surface area contributed by atoms with Crippen LogP contribution in [0.5, 0.6) is 0 Å². The van der Waals surface area contributed by atoms with Crippen LogP contribution < -0.4 is 9.80 Å². The molecule has 0 aromatic carbocycles. The Balaban J connectivity index is 2.09. The lowest BCUT2D eigenvalue weighted by Crippen LogP contribution is -3.27. The van der Waals surface area contributed by atoms with Gasteiger partial charge >= 0.3 is 0 Å². The Hall–Kier alpha value is -1.01. The summed E-state index contributed by atoms with van der Waals surface area (Å²) >= 11 is 0. The molecule has 6 nitrogen and oxygen atoms in total. The number of nitrogens with one attached hydrogen (secondary N) is 2. The summed E-state index contributed by atoms with van der Waals surface area (Å²) in [6.07, 6.45) is 4.84. The van der Waals surface area contributed by atoms with Gasteiger partial charge in [-0.1, -0.05) is 27.2 Å². The lowest BCUT2D eigenvalue weighted by Gasteiger charge is -2.32. The van der Waals surface area contributed by atoms with Crippen molar-refractivity contribution in [2.24, 2.45) is 5.92 Å². The first-order valence-electron chi connectivity index (χ1n) is 9.03. The number of nitrogens with zero attached hydrogens (tertiary/aromatic N) is 4. The minimum absolute atomic E-state index is 0.468. The van der Waals surface area contributed by atoms with Gasteiger partial charge < -0.3 is 9.80 Å². The number of piperazine rings is 1. The fraction of sp³-hybridized carbons (Fsp3) is 0.938. The number of aryl methyl sites for hydroxylation is 1. The third-order valence-electron chi connectivity index (χ3n) is 4.87. The summed E-state index contributed by atoms with van der Waals surface area (Å²) < 4.78 is 2.07. The Morgan fingerprint density at radius 3 is 2.50 bits per heavy atom. The number of hydrogen-bond acceptors (Lipinski definition) is 3. The van der Waals surface area contributed by atoms with E-state index in [0.29, 0.717) is 12.0 Å². The summed E-state index contributed by atoms with van der Waals surface area (Å²) in [4.78, 5) is 3.33. The smallest absolute Gasteiger partial charge is 0.209 e. The predicted octanol–water partition coefficient (Wildman–Crippen LogP) is -0.636. The molecule has 0 bridgehead atoms. The zero-order valence-corrected chi connectivity index (χ0v) is 14.8. The molecule has 6 heteroatoms. The molecule has 1 aliphatic rings. The third-order valence-corrected chi connectivity index (χ3v) is 4.87. The van der Waals surface area contributed by atoms with E-state index in [-0.39, 0.29) is 0 Å². The van der Waals surface area contributed by atoms with Gasteiger partial charge in [-0.05, 0) is 29.2 Å². The molecular formula is C16H34N6+2. The predicted molar refractivity (Wildman–Crippen MR) is 86.9 cm³/mol. The molecule has 22 heavy (non-hydrogen) atoms. The van der Waals surface area contributed by atoms with Gasteiger partial charge in [0.05, 0.1) is 7.05 Å². The standard InChI is InChI=1S/C16H32N6/c1-5-6-7-15(21-12-10-20(4)11-13-21)16-17-18-19-22(16)9-8-14(2)3/h14-15H,5-13H2,1-4H3/p+2/t15-/m1/s1. The molecule has 2 rings (SSSR count). The van der Waals surface area contributed by atoms with Gasteiger partial charge in [0.25, 0.3) is 0 Å². The number of likely N-dealkylation sites (N-methyl/N-ethyl adjacent to an activating group) is 1. The van der Waals surface area contributed by atoms with Crippen molar-refractivity contribution in [3.05, 3.63) is 5.82 Å². The van der Waals surface area contributed by atoms with Crippen LogP contribution in [0, 0.1) is 5.92 Å². The molecule has 0 unspecified atom stereocenters. The monoisotopic (exact) mass is 310 g/mol. The van der Waals surface area contributed by atoms with Crippen LogP contribution in [0.2, 0.25) is 0 Å². The highest BCUT2D eigenvalue weighted by molar-refractivity contribution is 4.87. The first-order chi connectivity index (χ1) is 10.6. The molecule has 0 saturated carbocycles. The van der Waals surface area contributed by atoms with E-state index >= 15 is 0 Å². The summed E-state index contributed by atoms with van der Waals surface area (Å²) in [5.41, 5.74) is 0. The molecule has 126 valence electrons. The highest BCUT2D eigenvalue weighted by Gasteiger charge is 2.32. The number of aromatic nitrogens is 4. The minimum atomic E-state index is 0.468. The van der Waals surface area contributed by atoms with Crippen molar-refractivity contribution >= 4 is 0 Å². The Bertz CT molecular complexity index is 422. The van der Waals surface area contributed by atoms with Crippen molar-refractivity contribution in [2.75, 3.05) is 33.2 Å². The van der Waals surface area contributed by atoms with E-state index in [1.54, 1.807) is 9.80 Å². The molecule has 1 saturated heterocycles. The molecule has 1 aliphatic heterocycles. The van der Waals surface area contributed by atoms with Gasteiger partial charge in [-0.3, -0.25) is 0 Å². The Morgan fingerprint density at radius 2 is 1.86 bits per heavy atom. The molecule has 0 spiro atoms. The van der Waals surface area contributed by atoms with E-state index in [2.05, 4.69) is 48.0 Å². The molecule has 0 amide bonds. The lowest BCUT2D eigenvalue weighted by atomic mass is 10.1. The first kappa shape index (κ1) is 17.3. The van der Waals surface area contributed by atoms with Crippen molar-refractivity contribution in [2.45, 2.75) is 59.0 Å². The Kier molecular flexibility index (Phi) is 6.76. The molecule has 2 heterocycles. The summed E-state index contributed by atoms with van der Waals surface area (Å²) in [5.74, 6) is 1.80. The maximum Gasteiger partial charge on any atom is 0.209 e. The number of unbranched alkanes of at least 4 members (excludes halogenated alkanes) is 1. The number of tetrazole rings is 1. The summed E-state index contributed by atoms with van der Waals surface area (Å²) in [5, 5.41) is 12.7. The van der Waals surface area contributed by atoms with E-state index in [4.69, 9.17) is 0 Å². The summed E-state index contributed by atoms with van der Waals surface area (Å²) in [7, 11) is 2.30. The second-order valence-electron chi connectivity index (χ2n) is 7.25. The van der Waals surface area contributed by atoms with Crippen LogP contribution in [0.25, 0.3) is 0 Å². The number of quaternary nitrogens is 2. The van der Waals surface area contributed by atoms with Gasteiger partial charge in [0.1, 0.15) is 32.2 Å². The molecule has 1 atom stereocenters. The van der Waals surface area contributed by atoms with Crippen molar-refractivity contribution in [3.63, 3.8) is 0 Å². The fourth-order valence-electron chi connectivity index (χ4n) is 3.27. The van der Waals surface area contributed by atoms with Crippen LogP contribution in [0.4, 0.5) is 0 Å². The van der Waals surface area contributed by atoms with Gasteiger partial charge in [0.2, 0.25) is 5.82 Å². The van der Waals surface area contributed by atoms with E-state index in [9.17, 15) is 0 Å². The van der Waals surface area contributed by atoms with Crippen molar-refractivity contribution < 1.29 is 9.80 Å². The van der Waals surface area contributed by atoms with E-state index < -0.39 is 0 Å². The van der Waals surface area contributed by atoms with E-state index in [0.717, 1.165) is 18.8 Å². The van der Waals surface area contributed by atoms with Gasteiger partial charge in [-0.2, -0.15) is 0 Å². The minimum Gasteiger partial charge on any atom is -0.328 e. The van der Waals surface area contributed by atoms with Crippen molar-refractivity contribution in [3.8, 4) is 0 Å². The first-order valence-corrected chi connectivity index (χ1v) is 9.03. The van der Waals surface area contributed by atoms with E-state index in [1.807, 2.05) is 0 Å². The topological polar surface area (TPSA) is 52.5 Å². The maximum absolute atomic E-state index is 4.42. The van der Waals surface area contributed by atoms with Gasteiger partial charge in [-0.25, -0.2) is 4.68 Å². The van der Waals surface area contributed by atoms with E-state index in [1.165, 1.54) is 45.4 Å². The average molecular weight is 310 g/mol. The third kappa shape index (κ3) is 4.74. The second-order valence-corrected chi connectivity index (χ2v) is 7.25. The zero-order chi connectivity index (χ0) is 15.9. The molecule has 0 radical (unpaired) electrons. The molecule has 1 aromatic rings. The Labute approximate surface area is 134 Å². The summed E-state index contributed by atoms with van der Waals surface area (Å²) in [6.45, 7) is 12.7. The summed E-state index contributed by atoms with van der Waals surface area (Å²) in [6, 6.07) is 0.468. The molecule has 1 aromatic heterocycles. The van der Waals surface area contributed by atoms with Gasteiger partial charge in [0.15, 0.2) is 0 Å². The van der Waals surface area contributed by atoms with Gasteiger partial charge in [0, 0.05) is 13.0 Å². The van der Waals surface area contributed by atoms with Crippen LogP contribution in [0.15, 0.2) is 0 Å². The second kappa shape index (κ2) is 8.58. The van der Waals surface area contributed by atoms with Crippen LogP contribution >= 0.6 is 0 Å². The largest absolute Gasteiger partial charge is 0.328 e. The van der Waals surface area contributed by atoms with Crippen LogP contribution in [0.3, 0.4) is 0 Å². The van der Waals surface area contributed by atoms with Crippen molar-refractivity contribution in [1.82, 2.24) is 20.2 Å². The van der Waals surface area contributed by atoms with Crippen LogP contribution in [0.1, 0.15) is 58.3 Å². The van der Waals surface area contributed by atoms with Crippen molar-refractivity contribution in [1.29, 1.82) is 0 Å². The zero-order valence-electron chi connectivity index (χ0n) is 14.8. The number of hydrogen-bond donors (Lipinski definition) is 2. The average Bonchev–Trinajstić information content (AvgIpc) is 2.95. The maximum atomic E-state index is 4.42. The fourth-order valence-corrected chi connectivity index (χ4v) is 3.27.